The third kappa shape index (κ3) is 2.88. The first-order valence-electron chi connectivity index (χ1n) is 7.77. The zero-order valence-electron chi connectivity index (χ0n) is 12.5. The molecule has 0 amide bonds. The van der Waals surface area contributed by atoms with Crippen molar-refractivity contribution in [1.82, 2.24) is 10.2 Å². The number of benzene rings is 1. The molecule has 3 heteroatoms. The zero-order chi connectivity index (χ0) is 14.2. The molecule has 2 fully saturated rings. The normalized spacial score (nSPS) is 25.9. The number of hydrogen-bond acceptors (Lipinski definition) is 2. The van der Waals surface area contributed by atoms with Gasteiger partial charge in [-0.25, -0.2) is 0 Å². The van der Waals surface area contributed by atoms with E-state index in [1.807, 2.05) is 12.1 Å². The van der Waals surface area contributed by atoms with E-state index in [2.05, 4.69) is 36.3 Å². The third-order valence-corrected chi connectivity index (χ3v) is 5.73. The van der Waals surface area contributed by atoms with Crippen LogP contribution in [0.2, 0.25) is 5.02 Å². The summed E-state index contributed by atoms with van der Waals surface area (Å²) in [7, 11) is 2.26. The molecule has 1 aliphatic carbocycles. The summed E-state index contributed by atoms with van der Waals surface area (Å²) in [6.45, 7) is 5.95. The van der Waals surface area contributed by atoms with E-state index in [-0.39, 0.29) is 0 Å². The maximum atomic E-state index is 5.97. The first-order chi connectivity index (χ1) is 9.61. The molecule has 1 aromatic rings. The molecule has 3 rings (SSSR count). The molecule has 1 saturated carbocycles. The van der Waals surface area contributed by atoms with E-state index < -0.39 is 0 Å². The fourth-order valence-electron chi connectivity index (χ4n) is 3.73. The summed E-state index contributed by atoms with van der Waals surface area (Å²) in [5.41, 5.74) is 2.04. The van der Waals surface area contributed by atoms with E-state index in [0.717, 1.165) is 10.9 Å². The van der Waals surface area contributed by atoms with Crippen LogP contribution in [0.5, 0.6) is 0 Å². The van der Waals surface area contributed by atoms with Crippen LogP contribution in [0.1, 0.15) is 37.8 Å². The van der Waals surface area contributed by atoms with Crippen molar-refractivity contribution in [2.75, 3.05) is 26.7 Å². The van der Waals surface area contributed by atoms with Crippen molar-refractivity contribution < 1.29 is 0 Å². The Morgan fingerprint density at radius 3 is 2.60 bits per heavy atom. The fourth-order valence-corrected chi connectivity index (χ4v) is 3.85. The molecular weight excluding hydrogens is 268 g/mol. The number of nitrogens with one attached hydrogen (secondary N) is 1. The number of rotatable bonds is 4. The molecule has 1 spiro atoms. The minimum Gasteiger partial charge on any atom is -0.317 e. The van der Waals surface area contributed by atoms with Gasteiger partial charge >= 0.3 is 0 Å². The molecule has 0 aromatic heterocycles. The van der Waals surface area contributed by atoms with Gasteiger partial charge in [0.15, 0.2) is 0 Å². The molecular formula is C17H25ClN2. The number of piperidine rings is 1. The van der Waals surface area contributed by atoms with Crippen LogP contribution in [0, 0.1) is 11.3 Å². The summed E-state index contributed by atoms with van der Waals surface area (Å²) in [5, 5.41) is 4.30. The minimum atomic E-state index is 0.464. The van der Waals surface area contributed by atoms with Gasteiger partial charge < -0.3 is 5.32 Å². The van der Waals surface area contributed by atoms with Gasteiger partial charge in [-0.05, 0) is 75.4 Å². The predicted molar refractivity (Wildman–Crippen MR) is 85.1 cm³/mol. The Kier molecular flexibility index (Phi) is 4.07. The molecule has 110 valence electrons. The molecule has 0 bridgehead atoms. The summed E-state index contributed by atoms with van der Waals surface area (Å²) in [6, 6.07) is 8.75. The van der Waals surface area contributed by atoms with Gasteiger partial charge in [0.2, 0.25) is 0 Å². The van der Waals surface area contributed by atoms with Crippen molar-refractivity contribution in [1.29, 1.82) is 0 Å². The minimum absolute atomic E-state index is 0.464. The molecule has 1 N–H and O–H groups in total. The van der Waals surface area contributed by atoms with Crippen LogP contribution in [-0.2, 0) is 0 Å². The monoisotopic (exact) mass is 292 g/mol. The molecule has 0 radical (unpaired) electrons. The van der Waals surface area contributed by atoms with E-state index in [9.17, 15) is 0 Å². The maximum absolute atomic E-state index is 5.97. The second-order valence-corrected chi connectivity index (χ2v) is 7.12. The Morgan fingerprint density at radius 1 is 1.30 bits per heavy atom. The van der Waals surface area contributed by atoms with Crippen molar-refractivity contribution in [3.8, 4) is 0 Å². The lowest BCUT2D eigenvalue weighted by atomic mass is 9.91. The lowest BCUT2D eigenvalue weighted by Crippen LogP contribution is -2.32. The predicted octanol–water partition coefficient (Wildman–Crippen LogP) is 3.72. The highest BCUT2D eigenvalue weighted by atomic mass is 35.5. The summed E-state index contributed by atoms with van der Waals surface area (Å²) in [4.78, 5) is 2.50. The molecule has 2 unspecified atom stereocenters. The SMILES string of the molecule is CC(c1ccc(Cl)cc1)N(C)CC1CC12CCNCC2. The Labute approximate surface area is 127 Å². The lowest BCUT2D eigenvalue weighted by Gasteiger charge is -2.28. The summed E-state index contributed by atoms with van der Waals surface area (Å²) in [5.74, 6) is 0.907. The molecule has 2 atom stereocenters. The number of halogens is 1. The smallest absolute Gasteiger partial charge is 0.0406 e. The Morgan fingerprint density at radius 2 is 1.95 bits per heavy atom. The van der Waals surface area contributed by atoms with Crippen molar-refractivity contribution in [2.24, 2.45) is 11.3 Å². The average molecular weight is 293 g/mol. The van der Waals surface area contributed by atoms with E-state index in [1.54, 1.807) is 0 Å². The van der Waals surface area contributed by atoms with Gasteiger partial charge in [0.25, 0.3) is 0 Å². The summed E-state index contributed by atoms with van der Waals surface area (Å²) in [6.07, 6.45) is 4.19. The number of hydrogen-bond donors (Lipinski definition) is 1. The van der Waals surface area contributed by atoms with E-state index in [1.165, 1.54) is 44.5 Å². The van der Waals surface area contributed by atoms with Gasteiger partial charge in [0.05, 0.1) is 0 Å². The molecule has 1 aliphatic heterocycles. The van der Waals surface area contributed by atoms with E-state index in [0.29, 0.717) is 11.5 Å². The van der Waals surface area contributed by atoms with Crippen LogP contribution in [0.25, 0.3) is 0 Å². The van der Waals surface area contributed by atoms with Crippen LogP contribution in [0.15, 0.2) is 24.3 Å². The Balaban J connectivity index is 1.57. The van der Waals surface area contributed by atoms with E-state index >= 15 is 0 Å². The van der Waals surface area contributed by atoms with Crippen molar-refractivity contribution in [3.63, 3.8) is 0 Å². The van der Waals surface area contributed by atoms with Crippen LogP contribution in [0.3, 0.4) is 0 Å². The highest BCUT2D eigenvalue weighted by Gasteiger charge is 2.53. The van der Waals surface area contributed by atoms with Gasteiger partial charge in [-0.15, -0.1) is 0 Å². The molecule has 1 saturated heterocycles. The Hall–Kier alpha value is -0.570. The lowest BCUT2D eigenvalue weighted by molar-refractivity contribution is 0.220. The van der Waals surface area contributed by atoms with Crippen molar-refractivity contribution in [3.05, 3.63) is 34.9 Å². The maximum Gasteiger partial charge on any atom is 0.0406 e. The first kappa shape index (κ1) is 14.4. The van der Waals surface area contributed by atoms with Crippen molar-refractivity contribution in [2.45, 2.75) is 32.2 Å². The highest BCUT2D eigenvalue weighted by Crippen LogP contribution is 2.58. The van der Waals surface area contributed by atoms with Crippen LogP contribution in [-0.4, -0.2) is 31.6 Å². The van der Waals surface area contributed by atoms with Gasteiger partial charge in [0, 0.05) is 17.6 Å². The summed E-state index contributed by atoms with van der Waals surface area (Å²) >= 11 is 5.97. The first-order valence-corrected chi connectivity index (χ1v) is 8.15. The zero-order valence-corrected chi connectivity index (χ0v) is 13.3. The highest BCUT2D eigenvalue weighted by molar-refractivity contribution is 6.30. The van der Waals surface area contributed by atoms with Crippen LogP contribution in [0.4, 0.5) is 0 Å². The molecule has 1 heterocycles. The van der Waals surface area contributed by atoms with Crippen molar-refractivity contribution >= 4 is 11.6 Å². The van der Waals surface area contributed by atoms with Gasteiger partial charge in [0.1, 0.15) is 0 Å². The van der Waals surface area contributed by atoms with E-state index in [4.69, 9.17) is 11.6 Å². The molecule has 1 aromatic carbocycles. The van der Waals surface area contributed by atoms with Gasteiger partial charge in [-0.3, -0.25) is 4.90 Å². The Bertz CT molecular complexity index is 451. The molecule has 20 heavy (non-hydrogen) atoms. The number of nitrogens with zero attached hydrogens (tertiary/aromatic N) is 1. The quantitative estimate of drug-likeness (QED) is 0.910. The third-order valence-electron chi connectivity index (χ3n) is 5.48. The standard InChI is InChI=1S/C17H25ClN2/c1-13(14-3-5-16(18)6-4-14)20(2)12-15-11-17(15)7-9-19-10-8-17/h3-6,13,15,19H,7-12H2,1-2H3. The van der Waals surface area contributed by atoms with Crippen LogP contribution < -0.4 is 5.32 Å². The second-order valence-electron chi connectivity index (χ2n) is 6.68. The topological polar surface area (TPSA) is 15.3 Å². The van der Waals surface area contributed by atoms with Crippen LogP contribution >= 0.6 is 11.6 Å². The second kappa shape index (κ2) is 5.67. The molecule has 2 nitrogen and oxygen atoms in total. The van der Waals surface area contributed by atoms with Gasteiger partial charge in [-0.2, -0.15) is 0 Å². The van der Waals surface area contributed by atoms with Gasteiger partial charge in [-0.1, -0.05) is 23.7 Å². The molecule has 2 aliphatic rings. The summed E-state index contributed by atoms with van der Waals surface area (Å²) < 4.78 is 0. The fraction of sp³-hybridized carbons (Fsp3) is 0.647. The average Bonchev–Trinajstić information content (AvgIpc) is 3.11. The largest absolute Gasteiger partial charge is 0.317 e.